The van der Waals surface area contributed by atoms with Gasteiger partial charge in [-0.3, -0.25) is 4.98 Å². The second-order valence-electron chi connectivity index (χ2n) is 4.25. The third-order valence-corrected chi connectivity index (χ3v) is 3.42. The van der Waals surface area contributed by atoms with Gasteiger partial charge in [-0.2, -0.15) is 0 Å². The van der Waals surface area contributed by atoms with Gasteiger partial charge in [-0.05, 0) is 29.8 Å². The van der Waals surface area contributed by atoms with Crippen LogP contribution >= 0.6 is 23.2 Å². The largest absolute Gasteiger partial charge is 0.264 e. The number of aromatic nitrogens is 3. The molecule has 0 unspecified atom stereocenters. The topological polar surface area (TPSA) is 38.7 Å². The van der Waals surface area contributed by atoms with Gasteiger partial charge in [0.25, 0.3) is 0 Å². The number of halogens is 3. The Morgan fingerprint density at radius 1 is 0.857 bits per heavy atom. The minimum atomic E-state index is -0.334. The van der Waals surface area contributed by atoms with Gasteiger partial charge in [-0.15, -0.1) is 0 Å². The van der Waals surface area contributed by atoms with Crippen LogP contribution in [0.3, 0.4) is 0 Å². The molecule has 0 aliphatic rings. The Bertz CT molecular complexity index is 754. The molecule has 0 saturated carbocycles. The fraction of sp³-hybridized carbons (Fsp3) is 0. The molecule has 0 aliphatic carbocycles. The van der Waals surface area contributed by atoms with E-state index in [2.05, 4.69) is 15.0 Å². The summed E-state index contributed by atoms with van der Waals surface area (Å²) in [7, 11) is 0. The molecule has 0 atom stereocenters. The van der Waals surface area contributed by atoms with Gasteiger partial charge in [0.2, 0.25) is 0 Å². The van der Waals surface area contributed by atoms with Gasteiger partial charge in [0, 0.05) is 18.0 Å². The Kier molecular flexibility index (Phi) is 3.82. The highest BCUT2D eigenvalue weighted by atomic mass is 35.5. The molecule has 0 spiro atoms. The van der Waals surface area contributed by atoms with Crippen LogP contribution in [0.4, 0.5) is 4.39 Å². The summed E-state index contributed by atoms with van der Waals surface area (Å²) < 4.78 is 13.0. The first-order valence-corrected chi connectivity index (χ1v) is 6.80. The molecule has 6 heteroatoms. The van der Waals surface area contributed by atoms with E-state index in [1.807, 2.05) is 6.07 Å². The van der Waals surface area contributed by atoms with E-state index in [1.165, 1.54) is 12.1 Å². The van der Waals surface area contributed by atoms with E-state index < -0.39 is 0 Å². The molecule has 3 aromatic rings. The van der Waals surface area contributed by atoms with Crippen molar-refractivity contribution >= 4 is 23.2 Å². The van der Waals surface area contributed by atoms with E-state index in [0.717, 1.165) is 0 Å². The summed E-state index contributed by atoms with van der Waals surface area (Å²) in [6, 6.07) is 9.40. The average molecular weight is 320 g/mol. The molecule has 2 heterocycles. The molecular formula is C15H8Cl2FN3. The molecule has 0 fully saturated rings. The average Bonchev–Trinajstić information content (AvgIpc) is 2.49. The monoisotopic (exact) mass is 319 g/mol. The summed E-state index contributed by atoms with van der Waals surface area (Å²) in [5.74, 6) is 0.0582. The van der Waals surface area contributed by atoms with E-state index in [9.17, 15) is 4.39 Å². The maximum Gasteiger partial charge on any atom is 0.164 e. The Labute approximate surface area is 130 Å². The molecule has 0 N–H and O–H groups in total. The molecule has 3 nitrogen and oxygen atoms in total. The van der Waals surface area contributed by atoms with Crippen molar-refractivity contribution in [1.29, 1.82) is 0 Å². The van der Waals surface area contributed by atoms with Crippen molar-refractivity contribution in [2.45, 2.75) is 0 Å². The van der Waals surface area contributed by atoms with E-state index in [-0.39, 0.29) is 16.1 Å². The molecule has 104 valence electrons. The van der Waals surface area contributed by atoms with Crippen LogP contribution in [0.5, 0.6) is 0 Å². The Morgan fingerprint density at radius 2 is 1.52 bits per heavy atom. The number of rotatable bonds is 2. The van der Waals surface area contributed by atoms with Gasteiger partial charge < -0.3 is 0 Å². The van der Waals surface area contributed by atoms with Crippen LogP contribution in [0.15, 0.2) is 48.8 Å². The first-order valence-electron chi connectivity index (χ1n) is 6.04. The van der Waals surface area contributed by atoms with Gasteiger partial charge in [0.05, 0.1) is 5.56 Å². The SMILES string of the molecule is Fc1ccc(-c2c(Cl)nc(-c3cccnc3)nc2Cl)cc1. The highest BCUT2D eigenvalue weighted by molar-refractivity contribution is 6.37. The van der Waals surface area contributed by atoms with Crippen LogP contribution in [0.25, 0.3) is 22.5 Å². The normalized spacial score (nSPS) is 10.6. The van der Waals surface area contributed by atoms with Gasteiger partial charge in [0.1, 0.15) is 16.1 Å². The fourth-order valence-electron chi connectivity index (χ4n) is 1.89. The summed E-state index contributed by atoms with van der Waals surface area (Å²) in [5.41, 5.74) is 1.85. The summed E-state index contributed by atoms with van der Waals surface area (Å²) in [6.07, 6.45) is 3.28. The van der Waals surface area contributed by atoms with Gasteiger partial charge in [-0.25, -0.2) is 14.4 Å². The molecule has 0 radical (unpaired) electrons. The van der Waals surface area contributed by atoms with Crippen molar-refractivity contribution in [3.8, 4) is 22.5 Å². The molecule has 0 saturated heterocycles. The van der Waals surface area contributed by atoms with E-state index >= 15 is 0 Å². The van der Waals surface area contributed by atoms with E-state index in [4.69, 9.17) is 23.2 Å². The van der Waals surface area contributed by atoms with Gasteiger partial charge >= 0.3 is 0 Å². The van der Waals surface area contributed by atoms with Crippen molar-refractivity contribution in [2.75, 3.05) is 0 Å². The second-order valence-corrected chi connectivity index (χ2v) is 4.97. The predicted molar refractivity (Wildman–Crippen MR) is 80.7 cm³/mol. The summed E-state index contributed by atoms with van der Waals surface area (Å²) in [4.78, 5) is 12.5. The van der Waals surface area contributed by atoms with Crippen LogP contribution in [0, 0.1) is 5.82 Å². The van der Waals surface area contributed by atoms with Crippen LogP contribution < -0.4 is 0 Å². The van der Waals surface area contributed by atoms with Crippen molar-refractivity contribution in [3.05, 3.63) is 64.9 Å². The predicted octanol–water partition coefficient (Wildman–Crippen LogP) is 4.65. The van der Waals surface area contributed by atoms with Gasteiger partial charge in [0.15, 0.2) is 5.82 Å². The highest BCUT2D eigenvalue weighted by Crippen LogP contribution is 2.34. The van der Waals surface area contributed by atoms with Crippen LogP contribution in [-0.2, 0) is 0 Å². The minimum absolute atomic E-state index is 0.209. The maximum atomic E-state index is 13.0. The number of hydrogen-bond acceptors (Lipinski definition) is 3. The molecule has 0 bridgehead atoms. The van der Waals surface area contributed by atoms with Gasteiger partial charge in [-0.1, -0.05) is 35.3 Å². The molecule has 21 heavy (non-hydrogen) atoms. The Morgan fingerprint density at radius 3 is 2.10 bits per heavy atom. The second kappa shape index (κ2) is 5.76. The highest BCUT2D eigenvalue weighted by Gasteiger charge is 2.14. The Balaban J connectivity index is 2.11. The number of benzene rings is 1. The lowest BCUT2D eigenvalue weighted by atomic mass is 10.1. The zero-order valence-corrected chi connectivity index (χ0v) is 12.1. The third-order valence-electron chi connectivity index (χ3n) is 2.87. The quantitative estimate of drug-likeness (QED) is 0.645. The van der Waals surface area contributed by atoms with Crippen molar-refractivity contribution < 1.29 is 4.39 Å². The van der Waals surface area contributed by atoms with Crippen molar-refractivity contribution in [1.82, 2.24) is 15.0 Å². The number of nitrogens with zero attached hydrogens (tertiary/aromatic N) is 3. The van der Waals surface area contributed by atoms with Crippen molar-refractivity contribution in [2.24, 2.45) is 0 Å². The lowest BCUT2D eigenvalue weighted by Crippen LogP contribution is -1.95. The lowest BCUT2D eigenvalue weighted by Gasteiger charge is -2.08. The Hall–Kier alpha value is -2.04. The van der Waals surface area contributed by atoms with Crippen LogP contribution in [0.2, 0.25) is 10.3 Å². The minimum Gasteiger partial charge on any atom is -0.264 e. The molecule has 2 aromatic heterocycles. The molecule has 0 amide bonds. The standard InChI is InChI=1S/C15H8Cl2FN3/c16-13-12(9-3-5-11(18)6-4-9)14(17)21-15(20-13)10-2-1-7-19-8-10/h1-8H. The van der Waals surface area contributed by atoms with E-state index in [0.29, 0.717) is 22.5 Å². The van der Waals surface area contributed by atoms with E-state index in [1.54, 1.807) is 30.6 Å². The zero-order valence-electron chi connectivity index (χ0n) is 10.6. The summed E-state index contributed by atoms with van der Waals surface area (Å²) in [5, 5.41) is 0.418. The lowest BCUT2D eigenvalue weighted by molar-refractivity contribution is 0.628. The summed E-state index contributed by atoms with van der Waals surface area (Å²) >= 11 is 12.4. The fourth-order valence-corrected chi connectivity index (χ4v) is 2.49. The van der Waals surface area contributed by atoms with Crippen LogP contribution in [0.1, 0.15) is 0 Å². The summed E-state index contributed by atoms with van der Waals surface area (Å²) in [6.45, 7) is 0. The van der Waals surface area contributed by atoms with Crippen molar-refractivity contribution in [3.63, 3.8) is 0 Å². The molecule has 3 rings (SSSR count). The first kappa shape index (κ1) is 13.9. The number of pyridine rings is 1. The smallest absolute Gasteiger partial charge is 0.164 e. The number of hydrogen-bond donors (Lipinski definition) is 0. The zero-order chi connectivity index (χ0) is 14.8. The van der Waals surface area contributed by atoms with Crippen LogP contribution in [-0.4, -0.2) is 15.0 Å². The molecule has 0 aliphatic heterocycles. The third kappa shape index (κ3) is 2.86. The maximum absolute atomic E-state index is 13.0. The molecule has 1 aromatic carbocycles. The first-order chi connectivity index (χ1) is 10.1. The molecular weight excluding hydrogens is 312 g/mol.